The van der Waals surface area contributed by atoms with E-state index in [2.05, 4.69) is 179 Å². The van der Waals surface area contributed by atoms with Crippen LogP contribution in [0.2, 0.25) is 0 Å². The fourth-order valence-electron chi connectivity index (χ4n) is 7.93. The summed E-state index contributed by atoms with van der Waals surface area (Å²) in [5.74, 6) is 0. The van der Waals surface area contributed by atoms with Crippen LogP contribution < -0.4 is 0 Å². The Morgan fingerprint density at radius 3 is 1.77 bits per heavy atom. The normalized spacial score (nSPS) is 12.8. The van der Waals surface area contributed by atoms with Crippen LogP contribution in [0.15, 0.2) is 164 Å². The predicted octanol–water partition coefficient (Wildman–Crippen LogP) is 12.2. The molecular formula is C46H32N2. The first kappa shape index (κ1) is 27.0. The highest BCUT2D eigenvalue weighted by atomic mass is 15.0. The number of para-hydroxylation sites is 3. The van der Waals surface area contributed by atoms with Crippen molar-refractivity contribution in [1.29, 1.82) is 0 Å². The molecule has 0 spiro atoms. The molecule has 0 radical (unpaired) electrons. The van der Waals surface area contributed by atoms with Crippen molar-refractivity contribution in [3.63, 3.8) is 0 Å². The Morgan fingerprint density at radius 2 is 1.02 bits per heavy atom. The van der Waals surface area contributed by atoms with Gasteiger partial charge in [0.1, 0.15) is 0 Å². The summed E-state index contributed by atoms with van der Waals surface area (Å²) in [5, 5.41) is 5.08. The molecule has 2 heterocycles. The summed E-state index contributed by atoms with van der Waals surface area (Å²) in [7, 11) is 0. The number of hydrogen-bond acceptors (Lipinski definition) is 0. The van der Waals surface area contributed by atoms with E-state index in [0.717, 1.165) is 12.8 Å². The van der Waals surface area contributed by atoms with Crippen molar-refractivity contribution >= 4 is 49.7 Å². The number of nitrogens with zero attached hydrogens (tertiary/aromatic N) is 2. The van der Waals surface area contributed by atoms with Crippen molar-refractivity contribution in [3.05, 3.63) is 175 Å². The molecule has 0 saturated carbocycles. The molecule has 48 heavy (non-hydrogen) atoms. The highest BCUT2D eigenvalue weighted by molar-refractivity contribution is 6.13. The van der Waals surface area contributed by atoms with Gasteiger partial charge in [-0.15, -0.1) is 0 Å². The highest BCUT2D eigenvalue weighted by Crippen LogP contribution is 2.40. The molecule has 0 unspecified atom stereocenters. The van der Waals surface area contributed by atoms with Gasteiger partial charge in [0.2, 0.25) is 0 Å². The molecule has 2 nitrogen and oxygen atoms in total. The molecule has 0 aliphatic heterocycles. The van der Waals surface area contributed by atoms with Gasteiger partial charge in [-0.2, -0.15) is 0 Å². The lowest BCUT2D eigenvalue weighted by Gasteiger charge is -2.14. The average molecular weight is 613 g/mol. The largest absolute Gasteiger partial charge is 0.309 e. The molecule has 1 aliphatic carbocycles. The third kappa shape index (κ3) is 4.13. The molecule has 0 fully saturated rings. The first-order valence-electron chi connectivity index (χ1n) is 16.8. The first-order valence-corrected chi connectivity index (χ1v) is 16.8. The summed E-state index contributed by atoms with van der Waals surface area (Å²) in [5.41, 5.74) is 15.0. The van der Waals surface area contributed by atoms with Crippen molar-refractivity contribution in [2.45, 2.75) is 12.8 Å². The maximum atomic E-state index is 2.44. The van der Waals surface area contributed by atoms with Crippen molar-refractivity contribution in [1.82, 2.24) is 9.13 Å². The third-order valence-corrected chi connectivity index (χ3v) is 10.2. The van der Waals surface area contributed by atoms with Gasteiger partial charge in [-0.05, 0) is 95.3 Å². The fourth-order valence-corrected chi connectivity index (χ4v) is 7.93. The molecule has 0 bridgehead atoms. The second kappa shape index (κ2) is 10.7. The maximum Gasteiger partial charge on any atom is 0.0541 e. The summed E-state index contributed by atoms with van der Waals surface area (Å²) < 4.78 is 4.87. The van der Waals surface area contributed by atoms with Crippen LogP contribution in [0.3, 0.4) is 0 Å². The van der Waals surface area contributed by atoms with Gasteiger partial charge in [0.15, 0.2) is 0 Å². The van der Waals surface area contributed by atoms with Crippen LogP contribution in [0.1, 0.15) is 17.5 Å². The first-order chi connectivity index (χ1) is 23.8. The van der Waals surface area contributed by atoms with Gasteiger partial charge in [0, 0.05) is 32.8 Å². The number of allylic oxidation sites excluding steroid dienone is 1. The molecule has 2 aromatic heterocycles. The number of fused-ring (bicyclic) bond motifs is 7. The number of aromatic nitrogens is 2. The van der Waals surface area contributed by atoms with Gasteiger partial charge >= 0.3 is 0 Å². The number of benzene rings is 7. The van der Waals surface area contributed by atoms with Gasteiger partial charge in [0.05, 0.1) is 27.8 Å². The lowest BCUT2D eigenvalue weighted by atomic mass is 9.97. The number of hydrogen-bond donors (Lipinski definition) is 0. The van der Waals surface area contributed by atoms with E-state index in [-0.39, 0.29) is 0 Å². The van der Waals surface area contributed by atoms with Gasteiger partial charge in [-0.1, -0.05) is 115 Å². The lowest BCUT2D eigenvalue weighted by Crippen LogP contribution is -1.99. The molecule has 10 rings (SSSR count). The summed E-state index contributed by atoms with van der Waals surface area (Å²) in [6.07, 6.45) is 6.74. The Labute approximate surface area is 279 Å². The quantitative estimate of drug-likeness (QED) is 0.187. The minimum atomic E-state index is 1.09. The summed E-state index contributed by atoms with van der Waals surface area (Å²) in [6.45, 7) is 0. The highest BCUT2D eigenvalue weighted by Gasteiger charge is 2.18. The van der Waals surface area contributed by atoms with Crippen LogP contribution in [0.4, 0.5) is 0 Å². The van der Waals surface area contributed by atoms with Crippen LogP contribution in [0.5, 0.6) is 0 Å². The zero-order chi connectivity index (χ0) is 31.6. The summed E-state index contributed by atoms with van der Waals surface area (Å²) >= 11 is 0. The molecule has 1 aliphatic rings. The summed E-state index contributed by atoms with van der Waals surface area (Å²) in [4.78, 5) is 0. The summed E-state index contributed by atoms with van der Waals surface area (Å²) in [6, 6.07) is 58.0. The molecule has 0 atom stereocenters. The van der Waals surface area contributed by atoms with Gasteiger partial charge in [-0.3, -0.25) is 0 Å². The van der Waals surface area contributed by atoms with Gasteiger partial charge < -0.3 is 9.13 Å². The topological polar surface area (TPSA) is 9.86 Å². The molecule has 7 aromatic carbocycles. The molecule has 0 saturated heterocycles. The maximum absolute atomic E-state index is 2.44. The van der Waals surface area contributed by atoms with E-state index in [1.54, 1.807) is 0 Å². The van der Waals surface area contributed by atoms with Gasteiger partial charge in [-0.25, -0.2) is 0 Å². The van der Waals surface area contributed by atoms with Gasteiger partial charge in [0.25, 0.3) is 0 Å². The smallest absolute Gasteiger partial charge is 0.0541 e. The number of rotatable bonds is 4. The van der Waals surface area contributed by atoms with E-state index < -0.39 is 0 Å². The van der Waals surface area contributed by atoms with Crippen molar-refractivity contribution < 1.29 is 0 Å². The van der Waals surface area contributed by atoms with E-state index in [1.807, 2.05) is 0 Å². The minimum Gasteiger partial charge on any atom is -0.309 e. The molecule has 0 amide bonds. The predicted molar refractivity (Wildman–Crippen MR) is 203 cm³/mol. The Balaban J connectivity index is 1.15. The van der Waals surface area contributed by atoms with Crippen LogP contribution in [0, 0.1) is 0 Å². The van der Waals surface area contributed by atoms with Crippen molar-refractivity contribution in [2.75, 3.05) is 0 Å². The van der Waals surface area contributed by atoms with Crippen LogP contribution in [0.25, 0.3) is 83.3 Å². The molecule has 2 heteroatoms. The van der Waals surface area contributed by atoms with Crippen LogP contribution in [-0.2, 0) is 6.42 Å². The van der Waals surface area contributed by atoms with Crippen LogP contribution in [-0.4, -0.2) is 9.13 Å². The molecule has 0 N–H and O–H groups in total. The Bertz CT molecular complexity index is 2720. The second-order valence-electron chi connectivity index (χ2n) is 12.9. The van der Waals surface area contributed by atoms with E-state index in [1.165, 1.54) is 88.4 Å². The second-order valence-corrected chi connectivity index (χ2v) is 12.9. The number of aryl methyl sites for hydroxylation is 1. The minimum absolute atomic E-state index is 1.09. The SMILES string of the molecule is C1=Cc2ccc(-n3c4ccccc4c4cc(-c5ccc6c(c5)c5ccccc5n6-c5ccccc5-c5ccccc5)ccc43)cc2CC1. The fraction of sp³-hybridized carbons (Fsp3) is 0.0435. The molecule has 226 valence electrons. The lowest BCUT2D eigenvalue weighted by molar-refractivity contribution is 0.979. The monoisotopic (exact) mass is 612 g/mol. The molecular weight excluding hydrogens is 581 g/mol. The zero-order valence-electron chi connectivity index (χ0n) is 26.5. The van der Waals surface area contributed by atoms with Crippen LogP contribution >= 0.6 is 0 Å². The van der Waals surface area contributed by atoms with Crippen molar-refractivity contribution in [2.24, 2.45) is 0 Å². The molecule has 9 aromatic rings. The third-order valence-electron chi connectivity index (χ3n) is 10.2. The Kier molecular flexibility index (Phi) is 6.04. The Morgan fingerprint density at radius 1 is 0.417 bits per heavy atom. The Hall–Kier alpha value is -6.12. The zero-order valence-corrected chi connectivity index (χ0v) is 26.5. The van der Waals surface area contributed by atoms with Crippen molar-refractivity contribution in [3.8, 4) is 33.6 Å². The van der Waals surface area contributed by atoms with E-state index >= 15 is 0 Å². The van der Waals surface area contributed by atoms with E-state index in [4.69, 9.17) is 0 Å². The van der Waals surface area contributed by atoms with E-state index in [9.17, 15) is 0 Å². The standard InChI is InChI=1S/C46H32N2/c1-2-13-32(14-3-1)37-16-6-9-19-42(37)48-44-21-11-8-18-39(44)41-30-35(24-27-46(41)48)34-23-26-45-40(29-34)38-17-7-10-20-43(38)47(45)36-25-22-31-12-4-5-15-33(31)28-36/h1-4,6-14,16-30H,5,15H2. The average Bonchev–Trinajstić information content (AvgIpc) is 3.67. The van der Waals surface area contributed by atoms with E-state index in [0.29, 0.717) is 0 Å².